The Balaban J connectivity index is 1.90. The second-order valence-corrected chi connectivity index (χ2v) is 5.19. The molecule has 0 bridgehead atoms. The highest BCUT2D eigenvalue weighted by molar-refractivity contribution is 6.00. The van der Waals surface area contributed by atoms with E-state index in [1.807, 2.05) is 42.5 Å². The second kappa shape index (κ2) is 5.22. The minimum absolute atomic E-state index is 0.0843. The maximum absolute atomic E-state index is 11.7. The van der Waals surface area contributed by atoms with E-state index in [0.29, 0.717) is 6.42 Å². The summed E-state index contributed by atoms with van der Waals surface area (Å²) in [5.74, 6) is 0.841. The van der Waals surface area contributed by atoms with E-state index in [0.717, 1.165) is 28.1 Å². The molecule has 1 atom stereocenters. The Kier molecular flexibility index (Phi) is 3.39. The van der Waals surface area contributed by atoms with Gasteiger partial charge in [-0.2, -0.15) is 0 Å². The minimum atomic E-state index is -0.706. The van der Waals surface area contributed by atoms with Crippen molar-refractivity contribution in [1.29, 1.82) is 0 Å². The number of rotatable bonds is 3. The number of hydrogen-bond donors (Lipinski definition) is 1. The van der Waals surface area contributed by atoms with Gasteiger partial charge in [-0.1, -0.05) is 24.3 Å². The third-order valence-electron chi connectivity index (χ3n) is 3.93. The number of fused-ring (bicyclic) bond motifs is 1. The highest BCUT2D eigenvalue weighted by atomic mass is 16.5. The lowest BCUT2D eigenvalue weighted by atomic mass is 9.98. The van der Waals surface area contributed by atoms with Crippen LogP contribution in [0.25, 0.3) is 0 Å². The standard InChI is InChI=1S/C17H17NO3/c1-18-15-8-5-12(9-13(15)10-16(18)19)17(20)11-3-6-14(21-2)7-4-11/h3-9,17,20H,10H2,1-2H3. The van der Waals surface area contributed by atoms with E-state index in [1.54, 1.807) is 19.1 Å². The van der Waals surface area contributed by atoms with Crippen molar-refractivity contribution in [2.75, 3.05) is 19.1 Å². The number of carbonyl (C=O) groups is 1. The minimum Gasteiger partial charge on any atom is -0.497 e. The Bertz CT molecular complexity index is 679. The van der Waals surface area contributed by atoms with Crippen LogP contribution in [0.1, 0.15) is 22.8 Å². The van der Waals surface area contributed by atoms with Gasteiger partial charge in [-0.15, -0.1) is 0 Å². The van der Waals surface area contributed by atoms with Gasteiger partial charge in [0.25, 0.3) is 0 Å². The van der Waals surface area contributed by atoms with E-state index in [9.17, 15) is 9.90 Å². The zero-order chi connectivity index (χ0) is 15.0. The van der Waals surface area contributed by atoms with Crippen molar-refractivity contribution in [2.24, 2.45) is 0 Å². The van der Waals surface area contributed by atoms with Crippen molar-refractivity contribution in [3.63, 3.8) is 0 Å². The molecule has 1 aliphatic heterocycles. The topological polar surface area (TPSA) is 49.8 Å². The Morgan fingerprint density at radius 1 is 1.14 bits per heavy atom. The van der Waals surface area contributed by atoms with Gasteiger partial charge in [0, 0.05) is 12.7 Å². The molecule has 0 fully saturated rings. The first-order valence-electron chi connectivity index (χ1n) is 6.81. The summed E-state index contributed by atoms with van der Waals surface area (Å²) in [7, 11) is 3.38. The van der Waals surface area contributed by atoms with Gasteiger partial charge >= 0.3 is 0 Å². The van der Waals surface area contributed by atoms with Gasteiger partial charge in [0.15, 0.2) is 0 Å². The molecular weight excluding hydrogens is 266 g/mol. The van der Waals surface area contributed by atoms with E-state index in [-0.39, 0.29) is 5.91 Å². The molecule has 1 amide bonds. The van der Waals surface area contributed by atoms with Crippen LogP contribution in [0.3, 0.4) is 0 Å². The highest BCUT2D eigenvalue weighted by Gasteiger charge is 2.25. The number of nitrogens with zero attached hydrogens (tertiary/aromatic N) is 1. The lowest BCUT2D eigenvalue weighted by Crippen LogP contribution is -2.20. The predicted molar refractivity (Wildman–Crippen MR) is 80.6 cm³/mol. The van der Waals surface area contributed by atoms with Crippen molar-refractivity contribution in [1.82, 2.24) is 0 Å². The molecule has 0 aromatic heterocycles. The summed E-state index contributed by atoms with van der Waals surface area (Å²) in [5.41, 5.74) is 3.48. The zero-order valence-corrected chi connectivity index (χ0v) is 12.0. The molecule has 2 aromatic carbocycles. The first-order valence-corrected chi connectivity index (χ1v) is 6.81. The molecule has 0 radical (unpaired) electrons. The molecule has 3 rings (SSSR count). The quantitative estimate of drug-likeness (QED) is 0.940. The first-order chi connectivity index (χ1) is 10.1. The summed E-state index contributed by atoms with van der Waals surface area (Å²) in [5, 5.41) is 10.5. The van der Waals surface area contributed by atoms with Crippen molar-refractivity contribution >= 4 is 11.6 Å². The molecule has 1 N–H and O–H groups in total. The van der Waals surface area contributed by atoms with Gasteiger partial charge in [-0.25, -0.2) is 0 Å². The Morgan fingerprint density at radius 2 is 1.81 bits per heavy atom. The molecule has 1 heterocycles. The maximum atomic E-state index is 11.7. The van der Waals surface area contributed by atoms with Gasteiger partial charge in [0.1, 0.15) is 11.9 Å². The number of aliphatic hydroxyl groups excluding tert-OH is 1. The van der Waals surface area contributed by atoms with E-state index in [1.165, 1.54) is 0 Å². The van der Waals surface area contributed by atoms with Crippen LogP contribution >= 0.6 is 0 Å². The fourth-order valence-corrected chi connectivity index (χ4v) is 2.64. The van der Waals surface area contributed by atoms with Crippen LogP contribution in [0, 0.1) is 0 Å². The number of methoxy groups -OCH3 is 1. The Morgan fingerprint density at radius 3 is 2.48 bits per heavy atom. The molecule has 0 saturated heterocycles. The zero-order valence-electron chi connectivity index (χ0n) is 12.0. The van der Waals surface area contributed by atoms with Crippen LogP contribution in [-0.4, -0.2) is 25.2 Å². The summed E-state index contributed by atoms with van der Waals surface area (Å²) in [6.07, 6.45) is -0.308. The number of amides is 1. The summed E-state index contributed by atoms with van der Waals surface area (Å²) >= 11 is 0. The molecule has 0 spiro atoms. The van der Waals surface area contributed by atoms with Gasteiger partial charge in [0.05, 0.1) is 13.5 Å². The number of hydrogen-bond acceptors (Lipinski definition) is 3. The van der Waals surface area contributed by atoms with Crippen LogP contribution in [0.15, 0.2) is 42.5 Å². The fraction of sp³-hybridized carbons (Fsp3) is 0.235. The third kappa shape index (κ3) is 2.38. The Hall–Kier alpha value is -2.33. The molecule has 108 valence electrons. The molecule has 4 heteroatoms. The van der Waals surface area contributed by atoms with Crippen molar-refractivity contribution in [3.05, 3.63) is 59.2 Å². The van der Waals surface area contributed by atoms with Crippen LogP contribution in [0.4, 0.5) is 5.69 Å². The van der Waals surface area contributed by atoms with Crippen LogP contribution < -0.4 is 9.64 Å². The Labute approximate surface area is 123 Å². The summed E-state index contributed by atoms with van der Waals surface area (Å²) in [6.45, 7) is 0. The van der Waals surface area contributed by atoms with E-state index in [4.69, 9.17) is 4.74 Å². The molecule has 2 aromatic rings. The monoisotopic (exact) mass is 283 g/mol. The van der Waals surface area contributed by atoms with Gasteiger partial charge in [-0.3, -0.25) is 4.79 Å². The number of aliphatic hydroxyl groups is 1. The SMILES string of the molecule is COc1ccc(C(O)c2ccc3c(c2)CC(=O)N3C)cc1. The molecule has 0 aliphatic carbocycles. The van der Waals surface area contributed by atoms with E-state index >= 15 is 0 Å². The third-order valence-corrected chi connectivity index (χ3v) is 3.93. The largest absolute Gasteiger partial charge is 0.497 e. The van der Waals surface area contributed by atoms with Crippen LogP contribution in [0.5, 0.6) is 5.75 Å². The maximum Gasteiger partial charge on any atom is 0.231 e. The summed E-state index contributed by atoms with van der Waals surface area (Å²) in [6, 6.07) is 13.0. The van der Waals surface area contributed by atoms with Crippen molar-refractivity contribution < 1.29 is 14.6 Å². The number of benzene rings is 2. The average Bonchev–Trinajstić information content (AvgIpc) is 2.81. The molecule has 0 saturated carbocycles. The molecule has 4 nitrogen and oxygen atoms in total. The molecule has 21 heavy (non-hydrogen) atoms. The van der Waals surface area contributed by atoms with Gasteiger partial charge < -0.3 is 14.7 Å². The average molecular weight is 283 g/mol. The number of anilines is 1. The number of carbonyl (C=O) groups excluding carboxylic acids is 1. The highest BCUT2D eigenvalue weighted by Crippen LogP contribution is 2.32. The summed E-state index contributed by atoms with van der Waals surface area (Å²) < 4.78 is 5.11. The van der Waals surface area contributed by atoms with Gasteiger partial charge in [0.2, 0.25) is 5.91 Å². The summed E-state index contributed by atoms with van der Waals surface area (Å²) in [4.78, 5) is 13.4. The second-order valence-electron chi connectivity index (χ2n) is 5.19. The molecule has 1 unspecified atom stereocenters. The number of ether oxygens (including phenoxy) is 1. The van der Waals surface area contributed by atoms with Crippen LogP contribution in [0.2, 0.25) is 0 Å². The number of likely N-dealkylation sites (N-methyl/N-ethyl adjacent to an activating group) is 1. The molecular formula is C17H17NO3. The molecule has 1 aliphatic rings. The van der Waals surface area contributed by atoms with Crippen LogP contribution in [-0.2, 0) is 11.2 Å². The fourth-order valence-electron chi connectivity index (χ4n) is 2.64. The van der Waals surface area contributed by atoms with Crippen molar-refractivity contribution in [3.8, 4) is 5.75 Å². The first kappa shape index (κ1) is 13.6. The predicted octanol–water partition coefficient (Wildman–Crippen LogP) is 2.30. The smallest absolute Gasteiger partial charge is 0.231 e. The van der Waals surface area contributed by atoms with E-state index in [2.05, 4.69) is 0 Å². The lowest BCUT2D eigenvalue weighted by molar-refractivity contribution is -0.117. The van der Waals surface area contributed by atoms with E-state index < -0.39 is 6.10 Å². The van der Waals surface area contributed by atoms with Crippen molar-refractivity contribution in [2.45, 2.75) is 12.5 Å². The lowest BCUT2D eigenvalue weighted by Gasteiger charge is -2.14. The normalized spacial score (nSPS) is 15.0. The van der Waals surface area contributed by atoms with Gasteiger partial charge in [-0.05, 0) is 34.9 Å².